The lowest BCUT2D eigenvalue weighted by molar-refractivity contribution is -0.145. The highest BCUT2D eigenvalue weighted by Gasteiger charge is 2.41. The fraction of sp³-hybridized carbons (Fsp3) is 0.519. The van der Waals surface area contributed by atoms with Gasteiger partial charge in [0.25, 0.3) is 0 Å². The number of carboxylic acids is 2. The molecule has 1 aromatic heterocycles. The van der Waals surface area contributed by atoms with Gasteiger partial charge in [0.2, 0.25) is 29.5 Å². The third-order valence-electron chi connectivity index (χ3n) is 13.4. The molecule has 3 aromatic rings. The monoisotopic (exact) mass is 1040 g/mol. The largest absolute Gasteiger partial charge is 0.508 e. The topological polar surface area (TPSA) is 385 Å². The minimum Gasteiger partial charge on any atom is -0.508 e. The summed E-state index contributed by atoms with van der Waals surface area (Å²) in [5, 5.41) is 40.0. The van der Waals surface area contributed by atoms with Crippen LogP contribution in [0.1, 0.15) is 95.9 Å². The number of imidazole rings is 1. The van der Waals surface area contributed by atoms with Gasteiger partial charge in [-0.15, -0.1) is 0 Å². The van der Waals surface area contributed by atoms with E-state index in [1.165, 1.54) is 29.6 Å². The van der Waals surface area contributed by atoms with Crippen molar-refractivity contribution < 1.29 is 58.5 Å². The van der Waals surface area contributed by atoms with Crippen molar-refractivity contribution in [3.8, 4) is 5.75 Å². The van der Waals surface area contributed by atoms with E-state index in [0.29, 0.717) is 29.7 Å². The van der Waals surface area contributed by atoms with Crippen molar-refractivity contribution in [2.45, 2.75) is 135 Å². The number of ketones is 2. The highest BCUT2D eigenvalue weighted by molar-refractivity contribution is 5.98. The van der Waals surface area contributed by atoms with E-state index in [4.69, 9.17) is 17.2 Å². The Balaban J connectivity index is 1.59. The Hall–Kier alpha value is -7.69. The van der Waals surface area contributed by atoms with Crippen molar-refractivity contribution in [1.29, 1.82) is 0 Å². The standard InChI is InChI=1S/C52H73N11O12/c1-5-30(4)36(47(70)61-40(23-33-27-56-28-58-33)50(73)63-20-10-14-42(63)49(72)62-41(51(74)75)22-31-11-7-6-8-12-31)25-44(66)39(21-32-15-17-34(64)18-16-32)60-46(69)35(29(2)3)24-43(65)38(13-9-19-57-52(54)55)59-48(71)37(53)26-45(67)68/h6-8,11-12,15-18,27-30,35-42,64H,5,9-10,13-14,19-26,53H2,1-4H3,(H,56,58)(H,59,71)(H,60,69)(H,61,70)(H,62,72)(H,67,68)(H,74,75)(H4,54,55,57)/t30-,35-,36-,37-,38-,39-,40-,41-,42?/m0/s1. The van der Waals surface area contributed by atoms with Gasteiger partial charge in [0.05, 0.1) is 30.9 Å². The van der Waals surface area contributed by atoms with Crippen LogP contribution in [-0.2, 0) is 62.4 Å². The summed E-state index contributed by atoms with van der Waals surface area (Å²) in [6.07, 6.45) is 2.52. The summed E-state index contributed by atoms with van der Waals surface area (Å²) < 4.78 is 0. The predicted octanol–water partition coefficient (Wildman–Crippen LogP) is 0.866. The summed E-state index contributed by atoms with van der Waals surface area (Å²) >= 11 is 0. The summed E-state index contributed by atoms with van der Waals surface area (Å²) in [6, 6.07) is 7.19. The van der Waals surface area contributed by atoms with Crippen LogP contribution in [0.4, 0.5) is 0 Å². The molecule has 408 valence electrons. The van der Waals surface area contributed by atoms with Gasteiger partial charge in [-0.3, -0.25) is 43.3 Å². The number of aromatic nitrogens is 2. The minimum absolute atomic E-state index is 0.00792. The van der Waals surface area contributed by atoms with Gasteiger partial charge >= 0.3 is 11.9 Å². The van der Waals surface area contributed by atoms with Crippen LogP contribution in [0.5, 0.6) is 5.75 Å². The number of aromatic hydroxyl groups is 1. The van der Waals surface area contributed by atoms with E-state index < -0.39 is 132 Å². The summed E-state index contributed by atoms with van der Waals surface area (Å²) in [5.41, 5.74) is 18.4. The van der Waals surface area contributed by atoms with E-state index >= 15 is 0 Å². The zero-order valence-electron chi connectivity index (χ0n) is 42.9. The fourth-order valence-corrected chi connectivity index (χ4v) is 8.87. The predicted molar refractivity (Wildman–Crippen MR) is 275 cm³/mol. The maximum Gasteiger partial charge on any atom is 0.326 e. The second-order valence-corrected chi connectivity index (χ2v) is 19.5. The number of nitrogens with one attached hydrogen (secondary N) is 5. The molecule has 9 atom stereocenters. The van der Waals surface area contributed by atoms with E-state index in [9.17, 15) is 58.5 Å². The molecule has 0 aliphatic carbocycles. The molecule has 0 saturated carbocycles. The van der Waals surface area contributed by atoms with Gasteiger partial charge in [-0.2, -0.15) is 0 Å². The highest BCUT2D eigenvalue weighted by atomic mass is 16.4. The Morgan fingerprint density at radius 1 is 0.760 bits per heavy atom. The third-order valence-corrected chi connectivity index (χ3v) is 13.4. The number of H-pyrrole nitrogens is 1. The maximum absolute atomic E-state index is 14.7. The first kappa shape index (κ1) is 59.9. The average Bonchev–Trinajstić information content (AvgIpc) is 4.08. The lowest BCUT2D eigenvalue weighted by Crippen LogP contribution is -2.57. The van der Waals surface area contributed by atoms with Gasteiger partial charge in [-0.25, -0.2) is 9.78 Å². The van der Waals surface area contributed by atoms with Gasteiger partial charge in [-0.1, -0.05) is 76.6 Å². The van der Waals surface area contributed by atoms with Crippen LogP contribution in [0.2, 0.25) is 0 Å². The number of hydrogen-bond donors (Lipinski definition) is 11. The second-order valence-electron chi connectivity index (χ2n) is 19.5. The number of nitrogens with zero attached hydrogens (tertiary/aromatic N) is 3. The number of carboxylic acid groups (broad SMARTS) is 2. The van der Waals surface area contributed by atoms with E-state index in [1.807, 2.05) is 6.92 Å². The van der Waals surface area contributed by atoms with Crippen molar-refractivity contribution in [3.05, 3.63) is 83.9 Å². The van der Waals surface area contributed by atoms with E-state index in [1.54, 1.807) is 63.2 Å². The maximum atomic E-state index is 14.7. The molecule has 23 nitrogen and oxygen atoms in total. The van der Waals surface area contributed by atoms with Gasteiger partial charge in [-0.05, 0) is 67.2 Å². The number of rotatable bonds is 31. The molecule has 14 N–H and O–H groups in total. The Labute approximate surface area is 435 Å². The van der Waals surface area contributed by atoms with Crippen molar-refractivity contribution in [2.75, 3.05) is 13.1 Å². The summed E-state index contributed by atoms with van der Waals surface area (Å²) in [6.45, 7) is 7.24. The number of likely N-dealkylation sites (tertiary alicyclic amines) is 1. The number of benzene rings is 2. The molecule has 4 rings (SSSR count). The number of amides is 5. The molecule has 2 heterocycles. The van der Waals surface area contributed by atoms with Crippen molar-refractivity contribution in [2.24, 2.45) is 45.9 Å². The smallest absolute Gasteiger partial charge is 0.326 e. The first-order chi connectivity index (χ1) is 35.6. The normalized spacial score (nSPS) is 16.5. The Kier molecular flexibility index (Phi) is 23.4. The molecule has 1 saturated heterocycles. The molecular formula is C52H73N11O12. The van der Waals surface area contributed by atoms with Crippen LogP contribution in [0.15, 0.2) is 72.1 Å². The molecule has 1 aliphatic rings. The van der Waals surface area contributed by atoms with Crippen LogP contribution in [0.3, 0.4) is 0 Å². The molecule has 5 amide bonds. The van der Waals surface area contributed by atoms with Gasteiger partial charge in [0.15, 0.2) is 17.5 Å². The molecule has 23 heteroatoms. The number of aromatic amines is 1. The van der Waals surface area contributed by atoms with Gasteiger partial charge in [0, 0.05) is 62.5 Å². The van der Waals surface area contributed by atoms with Crippen LogP contribution >= 0.6 is 0 Å². The number of aliphatic carboxylic acids is 2. The van der Waals surface area contributed by atoms with E-state index in [-0.39, 0.29) is 63.3 Å². The highest BCUT2D eigenvalue weighted by Crippen LogP contribution is 2.26. The van der Waals surface area contributed by atoms with E-state index in [0.717, 1.165) is 0 Å². The van der Waals surface area contributed by atoms with Crippen molar-refractivity contribution in [3.63, 3.8) is 0 Å². The number of nitrogens with two attached hydrogens (primary N) is 3. The zero-order chi connectivity index (χ0) is 55.4. The third kappa shape index (κ3) is 18.9. The Morgan fingerprint density at radius 3 is 1.96 bits per heavy atom. The number of phenolic OH excluding ortho intramolecular Hbond substituents is 1. The zero-order valence-corrected chi connectivity index (χ0v) is 42.9. The minimum atomic E-state index is -1.48. The first-order valence-corrected chi connectivity index (χ1v) is 25.2. The van der Waals surface area contributed by atoms with Crippen LogP contribution in [-0.4, -0.2) is 139 Å². The molecule has 0 spiro atoms. The lowest BCUT2D eigenvalue weighted by atomic mass is 9.83. The number of aliphatic imine (C=N–C) groups is 1. The molecule has 1 unspecified atom stereocenters. The van der Waals surface area contributed by atoms with Gasteiger partial charge < -0.3 is 63.7 Å². The Morgan fingerprint density at radius 2 is 1.36 bits per heavy atom. The molecule has 0 radical (unpaired) electrons. The summed E-state index contributed by atoms with van der Waals surface area (Å²) in [5.74, 6) is -10.5. The average molecular weight is 1040 g/mol. The first-order valence-electron chi connectivity index (χ1n) is 25.2. The van der Waals surface area contributed by atoms with Crippen molar-refractivity contribution in [1.82, 2.24) is 36.1 Å². The van der Waals surface area contributed by atoms with Crippen LogP contribution < -0.4 is 38.5 Å². The van der Waals surface area contributed by atoms with Crippen LogP contribution in [0, 0.1) is 23.7 Å². The molecular weight excluding hydrogens is 971 g/mol. The number of hydrogen-bond acceptors (Lipinski definition) is 13. The lowest BCUT2D eigenvalue weighted by Gasteiger charge is -2.31. The number of carbonyl (C=O) groups is 9. The number of guanidine groups is 1. The quantitative estimate of drug-likeness (QED) is 0.0242. The summed E-state index contributed by atoms with van der Waals surface area (Å²) in [7, 11) is 0. The van der Waals surface area contributed by atoms with Gasteiger partial charge in [0.1, 0.15) is 23.9 Å². The van der Waals surface area contributed by atoms with Crippen molar-refractivity contribution >= 4 is 59.0 Å². The number of phenols is 1. The molecule has 0 bridgehead atoms. The fourth-order valence-electron chi connectivity index (χ4n) is 8.87. The Bertz CT molecular complexity index is 2450. The number of carbonyl (C=O) groups excluding carboxylic acids is 7. The molecule has 1 aliphatic heterocycles. The second kappa shape index (κ2) is 29.3. The molecule has 75 heavy (non-hydrogen) atoms. The molecule has 2 aromatic carbocycles. The van der Waals surface area contributed by atoms with E-state index in [2.05, 4.69) is 36.2 Å². The number of Topliss-reactive ketones (excluding diaryl/α,β-unsaturated/α-hetero) is 2. The van der Waals surface area contributed by atoms with Crippen LogP contribution in [0.25, 0.3) is 0 Å². The molecule has 1 fully saturated rings. The summed E-state index contributed by atoms with van der Waals surface area (Å²) in [4.78, 5) is 135. The SMILES string of the molecule is CC[C@H](C)[C@H](CC(=O)[C@H](Cc1ccc(O)cc1)NC(=O)[C@@H](CC(=O)[C@H](CCCN=C(N)N)NC(=O)[C@@H](N)CC(=O)O)C(C)C)C(=O)N[C@@H](Cc1cnc[nH]1)C(=O)N1CCCC1C(=O)N[C@@H](Cc1ccccc1)C(=O)O.